The molecule has 0 radical (unpaired) electrons. The van der Waals surface area contributed by atoms with E-state index in [4.69, 9.17) is 0 Å². The zero-order chi connectivity index (χ0) is 23.0. The molecule has 5 rings (SSSR count). The molecule has 2 heterocycles. The number of fused-ring (bicyclic) bond motifs is 2. The number of imidazole rings is 1. The highest BCUT2D eigenvalue weighted by atomic mass is 32.2. The van der Waals surface area contributed by atoms with Crippen LogP contribution in [-0.4, -0.2) is 66.2 Å². The lowest BCUT2D eigenvalue weighted by Gasteiger charge is -2.33. The maximum atomic E-state index is 13.1. The molecular formula is C23H23N5O4S. The largest absolute Gasteiger partial charge is 0.325 e. The van der Waals surface area contributed by atoms with Crippen molar-refractivity contribution in [2.75, 3.05) is 38.0 Å². The minimum absolute atomic E-state index is 0.158. The normalized spacial score (nSPS) is 15.8. The lowest BCUT2D eigenvalue weighted by Crippen LogP contribution is -2.50. The SMILES string of the molecule is O=C(CN1CCN(S(=O)(=O)c2ccc3ccccc3c2)CC1)Nc1ccc2[nH]c(=O)[nH]c2c1. The van der Waals surface area contributed by atoms with E-state index in [1.54, 1.807) is 30.3 Å². The van der Waals surface area contributed by atoms with E-state index in [-0.39, 0.29) is 23.0 Å². The van der Waals surface area contributed by atoms with Crippen molar-refractivity contribution >= 4 is 43.4 Å². The molecule has 1 fully saturated rings. The third kappa shape index (κ3) is 4.40. The van der Waals surface area contributed by atoms with Crippen LogP contribution in [0.15, 0.2) is 70.4 Å². The zero-order valence-corrected chi connectivity index (χ0v) is 18.6. The molecule has 0 spiro atoms. The number of piperazine rings is 1. The van der Waals surface area contributed by atoms with Crippen LogP contribution in [0.1, 0.15) is 0 Å². The highest BCUT2D eigenvalue weighted by Crippen LogP contribution is 2.23. The number of sulfonamides is 1. The summed E-state index contributed by atoms with van der Waals surface area (Å²) in [6, 6.07) is 18.0. The average molecular weight is 466 g/mol. The van der Waals surface area contributed by atoms with Crippen LogP contribution in [0.5, 0.6) is 0 Å². The van der Waals surface area contributed by atoms with Crippen LogP contribution in [0.25, 0.3) is 21.8 Å². The maximum Gasteiger partial charge on any atom is 0.323 e. The first-order chi connectivity index (χ1) is 15.9. The number of amides is 1. The lowest BCUT2D eigenvalue weighted by atomic mass is 10.1. The number of rotatable bonds is 5. The van der Waals surface area contributed by atoms with Crippen molar-refractivity contribution in [3.63, 3.8) is 0 Å². The first-order valence-electron chi connectivity index (χ1n) is 10.6. The van der Waals surface area contributed by atoms with Crippen molar-refractivity contribution in [3.05, 3.63) is 71.1 Å². The summed E-state index contributed by atoms with van der Waals surface area (Å²) in [5.74, 6) is -0.196. The van der Waals surface area contributed by atoms with E-state index in [9.17, 15) is 18.0 Å². The van der Waals surface area contributed by atoms with Gasteiger partial charge in [0, 0.05) is 31.9 Å². The smallest absolute Gasteiger partial charge is 0.323 e. The first-order valence-corrected chi connectivity index (χ1v) is 12.1. The van der Waals surface area contributed by atoms with Crippen molar-refractivity contribution in [1.82, 2.24) is 19.2 Å². The highest BCUT2D eigenvalue weighted by Gasteiger charge is 2.29. The van der Waals surface area contributed by atoms with Crippen LogP contribution in [0.4, 0.5) is 5.69 Å². The van der Waals surface area contributed by atoms with Crippen LogP contribution in [0.3, 0.4) is 0 Å². The molecule has 1 aliphatic heterocycles. The van der Waals surface area contributed by atoms with Gasteiger partial charge in [0.2, 0.25) is 15.9 Å². The topological polar surface area (TPSA) is 118 Å². The van der Waals surface area contributed by atoms with E-state index in [0.29, 0.717) is 42.9 Å². The fraction of sp³-hybridized carbons (Fsp3) is 0.217. The fourth-order valence-electron chi connectivity index (χ4n) is 4.12. The van der Waals surface area contributed by atoms with Gasteiger partial charge < -0.3 is 15.3 Å². The van der Waals surface area contributed by atoms with Crippen molar-refractivity contribution in [1.29, 1.82) is 0 Å². The van der Waals surface area contributed by atoms with Crippen molar-refractivity contribution in [3.8, 4) is 0 Å². The number of anilines is 1. The summed E-state index contributed by atoms with van der Waals surface area (Å²) >= 11 is 0. The summed E-state index contributed by atoms with van der Waals surface area (Å²) < 4.78 is 27.7. The van der Waals surface area contributed by atoms with Crippen molar-refractivity contribution in [2.24, 2.45) is 0 Å². The number of nitrogens with one attached hydrogen (secondary N) is 3. The minimum atomic E-state index is -3.60. The van der Waals surface area contributed by atoms with Gasteiger partial charge >= 0.3 is 5.69 Å². The summed E-state index contributed by atoms with van der Waals surface area (Å²) in [7, 11) is -3.60. The fourth-order valence-corrected chi connectivity index (χ4v) is 5.58. The van der Waals surface area contributed by atoms with Gasteiger partial charge in [-0.25, -0.2) is 13.2 Å². The average Bonchev–Trinajstić information content (AvgIpc) is 3.18. The van der Waals surface area contributed by atoms with Crippen LogP contribution in [0, 0.1) is 0 Å². The van der Waals surface area contributed by atoms with Gasteiger partial charge in [0.1, 0.15) is 0 Å². The lowest BCUT2D eigenvalue weighted by molar-refractivity contribution is -0.117. The summed E-state index contributed by atoms with van der Waals surface area (Å²) in [6.45, 7) is 1.72. The van der Waals surface area contributed by atoms with Gasteiger partial charge in [-0.2, -0.15) is 4.31 Å². The Hall–Kier alpha value is -3.47. The summed E-state index contributed by atoms with van der Waals surface area (Å²) in [5, 5.41) is 4.71. The van der Waals surface area contributed by atoms with Gasteiger partial charge in [-0.3, -0.25) is 9.69 Å². The molecule has 9 nitrogen and oxygen atoms in total. The molecule has 1 amide bonds. The predicted molar refractivity (Wildman–Crippen MR) is 127 cm³/mol. The molecule has 4 aromatic rings. The van der Waals surface area contributed by atoms with E-state index in [0.717, 1.165) is 10.8 Å². The Kier molecular flexibility index (Phi) is 5.49. The van der Waals surface area contributed by atoms with E-state index in [1.807, 2.05) is 35.2 Å². The maximum absolute atomic E-state index is 13.1. The summed E-state index contributed by atoms with van der Waals surface area (Å²) in [5.41, 5.74) is 1.57. The minimum Gasteiger partial charge on any atom is -0.325 e. The Morgan fingerprint density at radius 1 is 0.879 bits per heavy atom. The van der Waals surface area contributed by atoms with Crippen molar-refractivity contribution < 1.29 is 13.2 Å². The third-order valence-corrected chi connectivity index (χ3v) is 7.75. The quantitative estimate of drug-likeness (QED) is 0.416. The van der Waals surface area contributed by atoms with Gasteiger partial charge in [-0.15, -0.1) is 0 Å². The van der Waals surface area contributed by atoms with E-state index < -0.39 is 10.0 Å². The number of benzene rings is 3. The van der Waals surface area contributed by atoms with Gasteiger partial charge in [0.25, 0.3) is 0 Å². The summed E-state index contributed by atoms with van der Waals surface area (Å²) in [6.07, 6.45) is 0. The molecule has 3 N–H and O–H groups in total. The number of nitrogens with zero attached hydrogens (tertiary/aromatic N) is 2. The second-order valence-corrected chi connectivity index (χ2v) is 10.0. The molecule has 170 valence electrons. The number of aromatic nitrogens is 2. The predicted octanol–water partition coefficient (Wildman–Crippen LogP) is 1.95. The Balaban J connectivity index is 1.20. The van der Waals surface area contributed by atoms with Gasteiger partial charge in [0.15, 0.2) is 0 Å². The van der Waals surface area contributed by atoms with Crippen molar-refractivity contribution in [2.45, 2.75) is 4.90 Å². The molecule has 1 aromatic heterocycles. The van der Waals surface area contributed by atoms with Gasteiger partial charge in [-0.1, -0.05) is 30.3 Å². The molecule has 0 aliphatic carbocycles. The molecule has 1 aliphatic rings. The number of hydrogen-bond acceptors (Lipinski definition) is 5. The number of carbonyl (C=O) groups is 1. The third-order valence-electron chi connectivity index (χ3n) is 5.86. The van der Waals surface area contributed by atoms with Gasteiger partial charge in [0.05, 0.1) is 22.5 Å². The van der Waals surface area contributed by atoms with E-state index >= 15 is 0 Å². The molecule has 0 bridgehead atoms. The Morgan fingerprint density at radius 3 is 2.39 bits per heavy atom. The second kappa shape index (κ2) is 8.47. The van der Waals surface area contributed by atoms with Crippen LogP contribution >= 0.6 is 0 Å². The Bertz CT molecular complexity index is 1500. The monoisotopic (exact) mass is 465 g/mol. The first kappa shape index (κ1) is 21.4. The van der Waals surface area contributed by atoms with E-state index in [1.165, 1.54) is 4.31 Å². The molecule has 0 unspecified atom stereocenters. The van der Waals surface area contributed by atoms with Gasteiger partial charge in [-0.05, 0) is 41.1 Å². The Morgan fingerprint density at radius 2 is 1.61 bits per heavy atom. The Labute approximate surface area is 190 Å². The number of H-pyrrole nitrogens is 2. The molecule has 0 atom stereocenters. The molecule has 3 aromatic carbocycles. The molecular weight excluding hydrogens is 442 g/mol. The van der Waals surface area contributed by atoms with E-state index in [2.05, 4.69) is 15.3 Å². The highest BCUT2D eigenvalue weighted by molar-refractivity contribution is 7.89. The van der Waals surface area contributed by atoms with Crippen LogP contribution in [0.2, 0.25) is 0 Å². The molecule has 1 saturated heterocycles. The molecule has 0 saturated carbocycles. The number of carbonyl (C=O) groups excluding carboxylic acids is 1. The zero-order valence-electron chi connectivity index (χ0n) is 17.7. The number of aromatic amines is 2. The second-order valence-electron chi connectivity index (χ2n) is 8.08. The molecule has 10 heteroatoms. The summed E-state index contributed by atoms with van der Waals surface area (Å²) in [4.78, 5) is 31.4. The number of hydrogen-bond donors (Lipinski definition) is 3. The standard InChI is InChI=1S/C23H23N5O4S/c29-22(24-18-6-8-20-21(14-18)26-23(30)25-20)15-27-9-11-28(12-10-27)33(31,32)19-7-5-16-3-1-2-4-17(16)13-19/h1-8,13-14H,9-12,15H2,(H,24,29)(H2,25,26,30). The van der Waals surface area contributed by atoms with Crippen LogP contribution < -0.4 is 11.0 Å². The molecule has 33 heavy (non-hydrogen) atoms. The van der Waals surface area contributed by atoms with Crippen LogP contribution in [-0.2, 0) is 14.8 Å².